The summed E-state index contributed by atoms with van der Waals surface area (Å²) in [5.41, 5.74) is 0. The van der Waals surface area contributed by atoms with Crippen LogP contribution < -0.4 is 5.32 Å². The van der Waals surface area contributed by atoms with Gasteiger partial charge in [-0.3, -0.25) is 0 Å². The Hall–Kier alpha value is 0.0249. The van der Waals surface area contributed by atoms with E-state index in [0.717, 1.165) is 18.3 Å². The highest BCUT2D eigenvalue weighted by atomic mass is 14.9. The highest BCUT2D eigenvalue weighted by Gasteiger charge is 2.08. The van der Waals surface area contributed by atoms with Gasteiger partial charge < -0.3 is 5.32 Å². The van der Waals surface area contributed by atoms with E-state index >= 15 is 0 Å². The van der Waals surface area contributed by atoms with E-state index in [-0.39, 0.29) is 0 Å². The molecule has 0 aliphatic rings. The standard InChI is InChI=1S/C12H28BN/c1-5-6-7-10(2)8-12(4)14-9-11(3)13/h10-12,14H,5-9,13H2,1-4H3. The minimum absolute atomic E-state index is 0.684. The molecule has 14 heavy (non-hydrogen) atoms. The molecule has 2 heteroatoms. The van der Waals surface area contributed by atoms with E-state index in [2.05, 4.69) is 40.9 Å². The van der Waals surface area contributed by atoms with Gasteiger partial charge in [-0.15, -0.1) is 0 Å². The first-order valence-electron chi connectivity index (χ1n) is 6.29. The largest absolute Gasteiger partial charge is 0.315 e. The molecule has 0 saturated heterocycles. The molecule has 84 valence electrons. The zero-order valence-electron chi connectivity index (χ0n) is 10.8. The van der Waals surface area contributed by atoms with Crippen molar-refractivity contribution in [3.05, 3.63) is 0 Å². The molecule has 0 rings (SSSR count). The number of rotatable bonds is 8. The van der Waals surface area contributed by atoms with E-state index < -0.39 is 0 Å². The molecule has 0 bridgehead atoms. The lowest BCUT2D eigenvalue weighted by Gasteiger charge is -2.19. The second kappa shape index (κ2) is 8.34. The van der Waals surface area contributed by atoms with Gasteiger partial charge in [-0.1, -0.05) is 45.9 Å². The second-order valence-corrected chi connectivity index (χ2v) is 5.19. The minimum Gasteiger partial charge on any atom is -0.315 e. The molecular formula is C12H28BN. The van der Waals surface area contributed by atoms with Crippen LogP contribution in [0.5, 0.6) is 0 Å². The molecule has 0 radical (unpaired) electrons. The van der Waals surface area contributed by atoms with Crippen LogP contribution in [0, 0.1) is 5.92 Å². The monoisotopic (exact) mass is 197 g/mol. The van der Waals surface area contributed by atoms with Crippen molar-refractivity contribution in [2.24, 2.45) is 5.92 Å². The normalized spacial score (nSPS) is 17.7. The van der Waals surface area contributed by atoms with E-state index in [4.69, 9.17) is 0 Å². The lowest BCUT2D eigenvalue weighted by molar-refractivity contribution is 0.394. The van der Waals surface area contributed by atoms with Crippen LogP contribution in [0.3, 0.4) is 0 Å². The lowest BCUT2D eigenvalue weighted by atomic mass is 9.89. The van der Waals surface area contributed by atoms with Crippen molar-refractivity contribution in [2.45, 2.75) is 65.2 Å². The summed E-state index contributed by atoms with van der Waals surface area (Å²) in [6.45, 7) is 10.4. The van der Waals surface area contributed by atoms with Crippen molar-refractivity contribution in [1.82, 2.24) is 5.32 Å². The fraction of sp³-hybridized carbons (Fsp3) is 1.00. The van der Waals surface area contributed by atoms with Gasteiger partial charge in [0.2, 0.25) is 0 Å². The molecule has 0 fully saturated rings. The first kappa shape index (κ1) is 14.0. The summed E-state index contributed by atoms with van der Waals surface area (Å²) in [7, 11) is 2.26. The lowest BCUT2D eigenvalue weighted by Crippen LogP contribution is -2.30. The fourth-order valence-electron chi connectivity index (χ4n) is 1.79. The highest BCUT2D eigenvalue weighted by Crippen LogP contribution is 2.14. The number of nitrogens with one attached hydrogen (secondary N) is 1. The molecule has 0 aromatic carbocycles. The van der Waals surface area contributed by atoms with Crippen molar-refractivity contribution >= 4 is 7.85 Å². The van der Waals surface area contributed by atoms with Crippen LogP contribution in [0.15, 0.2) is 0 Å². The van der Waals surface area contributed by atoms with Gasteiger partial charge in [0.05, 0.1) is 0 Å². The predicted molar refractivity (Wildman–Crippen MR) is 68.7 cm³/mol. The Morgan fingerprint density at radius 1 is 1.21 bits per heavy atom. The zero-order chi connectivity index (χ0) is 11.0. The average Bonchev–Trinajstić information content (AvgIpc) is 2.11. The SMILES string of the molecule is BC(C)CNC(C)CC(C)CCCC. The first-order valence-corrected chi connectivity index (χ1v) is 6.29. The third kappa shape index (κ3) is 8.62. The molecular weight excluding hydrogens is 169 g/mol. The number of unbranched alkanes of at least 4 members (excludes halogenated alkanes) is 1. The Kier molecular flexibility index (Phi) is 8.36. The van der Waals surface area contributed by atoms with E-state index in [9.17, 15) is 0 Å². The van der Waals surface area contributed by atoms with Crippen LogP contribution in [-0.4, -0.2) is 20.4 Å². The summed E-state index contributed by atoms with van der Waals surface area (Å²) < 4.78 is 0. The number of hydrogen-bond acceptors (Lipinski definition) is 1. The van der Waals surface area contributed by atoms with Gasteiger partial charge in [0.1, 0.15) is 7.85 Å². The second-order valence-electron chi connectivity index (χ2n) is 5.19. The molecule has 0 aromatic heterocycles. The quantitative estimate of drug-likeness (QED) is 0.590. The van der Waals surface area contributed by atoms with Crippen LogP contribution in [0.2, 0.25) is 5.82 Å². The Morgan fingerprint density at radius 3 is 2.36 bits per heavy atom. The maximum absolute atomic E-state index is 3.59. The molecule has 1 nitrogen and oxygen atoms in total. The summed E-state index contributed by atoms with van der Waals surface area (Å²) in [5, 5.41) is 3.59. The van der Waals surface area contributed by atoms with Crippen LogP contribution in [-0.2, 0) is 0 Å². The molecule has 0 saturated carbocycles. The Morgan fingerprint density at radius 2 is 1.86 bits per heavy atom. The molecule has 0 aromatic rings. The van der Waals surface area contributed by atoms with Gasteiger partial charge in [0.15, 0.2) is 0 Å². The van der Waals surface area contributed by atoms with Crippen molar-refractivity contribution in [3.63, 3.8) is 0 Å². The predicted octanol–water partition coefficient (Wildman–Crippen LogP) is 2.62. The van der Waals surface area contributed by atoms with E-state index in [0.29, 0.717) is 6.04 Å². The average molecular weight is 197 g/mol. The zero-order valence-corrected chi connectivity index (χ0v) is 10.8. The van der Waals surface area contributed by atoms with E-state index in [1.807, 2.05) is 0 Å². The third-order valence-electron chi connectivity index (χ3n) is 2.68. The van der Waals surface area contributed by atoms with Crippen LogP contribution in [0.25, 0.3) is 0 Å². The topological polar surface area (TPSA) is 12.0 Å². The van der Waals surface area contributed by atoms with Crippen LogP contribution in [0.1, 0.15) is 53.4 Å². The summed E-state index contributed by atoms with van der Waals surface area (Å²) in [6.07, 6.45) is 5.44. The van der Waals surface area contributed by atoms with E-state index in [1.165, 1.54) is 25.7 Å². The van der Waals surface area contributed by atoms with Gasteiger partial charge in [-0.25, -0.2) is 0 Å². The Balaban J connectivity index is 3.44. The van der Waals surface area contributed by atoms with Gasteiger partial charge in [0.25, 0.3) is 0 Å². The molecule has 3 unspecified atom stereocenters. The number of hydrogen-bond donors (Lipinski definition) is 1. The first-order chi connectivity index (χ1) is 6.56. The smallest absolute Gasteiger partial charge is 0.106 e. The van der Waals surface area contributed by atoms with Crippen LogP contribution >= 0.6 is 0 Å². The van der Waals surface area contributed by atoms with Gasteiger partial charge >= 0.3 is 0 Å². The van der Waals surface area contributed by atoms with Crippen molar-refractivity contribution in [3.8, 4) is 0 Å². The van der Waals surface area contributed by atoms with Gasteiger partial charge in [-0.2, -0.15) is 0 Å². The van der Waals surface area contributed by atoms with Crippen molar-refractivity contribution in [2.75, 3.05) is 6.54 Å². The molecule has 0 amide bonds. The Labute approximate surface area is 91.5 Å². The molecule has 3 atom stereocenters. The van der Waals surface area contributed by atoms with Gasteiger partial charge in [0, 0.05) is 6.04 Å². The maximum Gasteiger partial charge on any atom is 0.106 e. The van der Waals surface area contributed by atoms with Crippen molar-refractivity contribution in [1.29, 1.82) is 0 Å². The summed E-state index contributed by atoms with van der Waals surface area (Å²) >= 11 is 0. The van der Waals surface area contributed by atoms with Crippen molar-refractivity contribution < 1.29 is 0 Å². The maximum atomic E-state index is 3.59. The molecule has 0 aliphatic heterocycles. The Bertz CT molecular complexity index is 125. The van der Waals surface area contributed by atoms with Gasteiger partial charge in [-0.05, 0) is 25.8 Å². The highest BCUT2D eigenvalue weighted by molar-refractivity contribution is 6.11. The van der Waals surface area contributed by atoms with Crippen LogP contribution in [0.4, 0.5) is 0 Å². The summed E-state index contributed by atoms with van der Waals surface area (Å²) in [5.74, 6) is 1.65. The fourth-order valence-corrected chi connectivity index (χ4v) is 1.79. The molecule has 1 N–H and O–H groups in total. The summed E-state index contributed by atoms with van der Waals surface area (Å²) in [4.78, 5) is 0. The molecule has 0 aliphatic carbocycles. The molecule has 0 spiro atoms. The third-order valence-corrected chi connectivity index (χ3v) is 2.68. The minimum atomic E-state index is 0.684. The summed E-state index contributed by atoms with van der Waals surface area (Å²) in [6, 6.07) is 0.684. The van der Waals surface area contributed by atoms with E-state index in [1.54, 1.807) is 0 Å². The molecule has 0 heterocycles.